The first kappa shape index (κ1) is 8.20. The summed E-state index contributed by atoms with van der Waals surface area (Å²) in [6, 6.07) is 0. The van der Waals surface area contributed by atoms with E-state index >= 15 is 0 Å². The summed E-state index contributed by atoms with van der Waals surface area (Å²) in [7, 11) is 0. The third-order valence-electron chi connectivity index (χ3n) is 0.667. The van der Waals surface area contributed by atoms with Crippen molar-refractivity contribution in [1.29, 1.82) is 0 Å². The number of halogens is 2. The Morgan fingerprint density at radius 3 is 2.00 bits per heavy atom. The number of carbonyl (C=O) groups excluding carboxylic acids is 2. The second-order valence-corrected chi connectivity index (χ2v) is 1.65. The molecule has 0 aromatic carbocycles. The Hall–Kier alpha value is -0.800. The molecule has 4 heteroatoms. The average Bonchev–Trinajstić information content (AvgIpc) is 1.63. The molecule has 0 bridgehead atoms. The van der Waals surface area contributed by atoms with Crippen LogP contribution < -0.4 is 0 Å². The van der Waals surface area contributed by atoms with Gasteiger partial charge in [-0.1, -0.05) is 0 Å². The second-order valence-electron chi connectivity index (χ2n) is 1.65. The number of hydrogen-bond donors (Lipinski definition) is 0. The molecule has 52 valence electrons. The second kappa shape index (κ2) is 3.27. The summed E-state index contributed by atoms with van der Waals surface area (Å²) in [6.07, 6.45) is -3.66. The van der Waals surface area contributed by atoms with Crippen LogP contribution in [0.25, 0.3) is 0 Å². The molecule has 9 heavy (non-hydrogen) atoms. The molecule has 0 aliphatic carbocycles. The molecule has 0 atom stereocenters. The van der Waals surface area contributed by atoms with E-state index in [0.29, 0.717) is 0 Å². The van der Waals surface area contributed by atoms with Gasteiger partial charge >= 0.3 is 0 Å². The van der Waals surface area contributed by atoms with Gasteiger partial charge in [-0.05, 0) is 6.92 Å². The summed E-state index contributed by atoms with van der Waals surface area (Å²) in [5.41, 5.74) is 0. The molecule has 0 aromatic heterocycles. The van der Waals surface area contributed by atoms with Gasteiger partial charge in [0.25, 0.3) is 6.43 Å². The molecule has 0 radical (unpaired) electrons. The molecule has 0 fully saturated rings. The highest BCUT2D eigenvalue weighted by molar-refractivity contribution is 5.99. The fourth-order valence-electron chi connectivity index (χ4n) is 0.323. The highest BCUT2D eigenvalue weighted by Crippen LogP contribution is 1.97. The average molecular weight is 136 g/mol. The van der Waals surface area contributed by atoms with Crippen LogP contribution in [0.2, 0.25) is 0 Å². The van der Waals surface area contributed by atoms with Crippen LogP contribution in [-0.2, 0) is 9.59 Å². The van der Waals surface area contributed by atoms with Crippen molar-refractivity contribution >= 4 is 11.6 Å². The maximum Gasteiger partial charge on any atom is 0.296 e. The van der Waals surface area contributed by atoms with Gasteiger partial charge < -0.3 is 0 Å². The smallest absolute Gasteiger partial charge is 0.296 e. The Labute approximate surface area is 50.9 Å². The number of hydrogen-bond acceptors (Lipinski definition) is 2. The van der Waals surface area contributed by atoms with E-state index in [9.17, 15) is 18.4 Å². The van der Waals surface area contributed by atoms with Gasteiger partial charge in [0.15, 0.2) is 0 Å². The molecule has 0 saturated heterocycles. The van der Waals surface area contributed by atoms with Crippen LogP contribution in [0.1, 0.15) is 13.3 Å². The first-order chi connectivity index (χ1) is 4.04. The predicted molar refractivity (Wildman–Crippen MR) is 26.3 cm³/mol. The highest BCUT2D eigenvalue weighted by atomic mass is 19.3. The minimum atomic E-state index is -3.01. The molecule has 0 rings (SSSR count). The summed E-state index contributed by atoms with van der Waals surface area (Å²) in [6.45, 7) is 1.10. The predicted octanol–water partition coefficient (Wildman–Crippen LogP) is 0.800. The Kier molecular flexibility index (Phi) is 2.98. The van der Waals surface area contributed by atoms with Gasteiger partial charge in [0, 0.05) is 0 Å². The van der Waals surface area contributed by atoms with Crippen molar-refractivity contribution in [1.82, 2.24) is 0 Å². The van der Waals surface area contributed by atoms with E-state index in [1.165, 1.54) is 0 Å². The molecular formula is C5H6F2O2. The zero-order valence-electron chi connectivity index (χ0n) is 4.86. The van der Waals surface area contributed by atoms with Crippen molar-refractivity contribution in [3.8, 4) is 0 Å². The Balaban J connectivity index is 3.64. The van der Waals surface area contributed by atoms with Gasteiger partial charge in [0.2, 0.25) is 5.78 Å². The largest absolute Gasteiger partial charge is 0.300 e. The number of alkyl halides is 2. The SMILES string of the molecule is CC(=O)CC(=O)C(F)F. The van der Waals surface area contributed by atoms with Crippen LogP contribution in [-0.4, -0.2) is 18.0 Å². The Morgan fingerprint density at radius 1 is 1.44 bits per heavy atom. The minimum absolute atomic E-state index is 0.527. The van der Waals surface area contributed by atoms with Gasteiger partial charge in [-0.15, -0.1) is 0 Å². The molecule has 0 heterocycles. The normalized spacial score (nSPS) is 9.78. The van der Waals surface area contributed by atoms with Crippen LogP contribution in [0, 0.1) is 0 Å². The zero-order valence-corrected chi connectivity index (χ0v) is 4.86. The zero-order chi connectivity index (χ0) is 7.44. The summed E-state index contributed by atoms with van der Waals surface area (Å²) in [5, 5.41) is 0. The summed E-state index contributed by atoms with van der Waals surface area (Å²) >= 11 is 0. The van der Waals surface area contributed by atoms with Gasteiger partial charge in [-0.25, -0.2) is 8.78 Å². The summed E-state index contributed by atoms with van der Waals surface area (Å²) < 4.78 is 22.6. The van der Waals surface area contributed by atoms with Crippen molar-refractivity contribution in [2.45, 2.75) is 19.8 Å². The van der Waals surface area contributed by atoms with Gasteiger partial charge in [-0.2, -0.15) is 0 Å². The van der Waals surface area contributed by atoms with Crippen LogP contribution in [0.4, 0.5) is 8.78 Å². The number of rotatable bonds is 3. The van der Waals surface area contributed by atoms with Crippen LogP contribution in [0.15, 0.2) is 0 Å². The van der Waals surface area contributed by atoms with E-state index < -0.39 is 24.4 Å². The molecule has 0 N–H and O–H groups in total. The number of carbonyl (C=O) groups is 2. The van der Waals surface area contributed by atoms with Crippen molar-refractivity contribution < 1.29 is 18.4 Å². The van der Waals surface area contributed by atoms with Gasteiger partial charge in [-0.3, -0.25) is 9.59 Å². The fraction of sp³-hybridized carbons (Fsp3) is 0.600. The van der Waals surface area contributed by atoms with E-state index in [4.69, 9.17) is 0 Å². The van der Waals surface area contributed by atoms with E-state index in [0.717, 1.165) is 6.92 Å². The highest BCUT2D eigenvalue weighted by Gasteiger charge is 2.16. The van der Waals surface area contributed by atoms with Crippen LogP contribution in [0.3, 0.4) is 0 Å². The maximum absolute atomic E-state index is 11.3. The van der Waals surface area contributed by atoms with Gasteiger partial charge in [0.05, 0.1) is 6.42 Å². The molecule has 0 spiro atoms. The first-order valence-corrected chi connectivity index (χ1v) is 2.34. The van der Waals surface area contributed by atoms with E-state index in [1.807, 2.05) is 0 Å². The summed E-state index contributed by atoms with van der Waals surface area (Å²) in [5.74, 6) is -1.83. The number of Topliss-reactive ketones (excluding diaryl/α,β-unsaturated/α-hetero) is 2. The van der Waals surface area contributed by atoms with Crippen molar-refractivity contribution in [3.63, 3.8) is 0 Å². The molecular weight excluding hydrogens is 130 g/mol. The molecule has 0 amide bonds. The van der Waals surface area contributed by atoms with Crippen LogP contribution in [0.5, 0.6) is 0 Å². The molecule has 0 aliphatic heterocycles. The third kappa shape index (κ3) is 3.76. The quantitative estimate of drug-likeness (QED) is 0.538. The summed E-state index contributed by atoms with van der Waals surface area (Å²) in [4.78, 5) is 20.0. The maximum atomic E-state index is 11.3. The lowest BCUT2D eigenvalue weighted by Crippen LogP contribution is -2.12. The fourth-order valence-corrected chi connectivity index (χ4v) is 0.323. The van der Waals surface area contributed by atoms with Gasteiger partial charge in [0.1, 0.15) is 5.78 Å². The van der Waals surface area contributed by atoms with E-state index in [2.05, 4.69) is 0 Å². The lowest BCUT2D eigenvalue weighted by Gasteiger charge is -1.91. The van der Waals surface area contributed by atoms with Crippen molar-refractivity contribution in [2.75, 3.05) is 0 Å². The standard InChI is InChI=1S/C5H6F2O2/c1-3(8)2-4(9)5(6)7/h5H,2H2,1H3. The molecule has 0 saturated carbocycles. The Morgan fingerprint density at radius 2 is 1.89 bits per heavy atom. The van der Waals surface area contributed by atoms with Crippen molar-refractivity contribution in [3.05, 3.63) is 0 Å². The Bertz CT molecular complexity index is 131. The minimum Gasteiger partial charge on any atom is -0.300 e. The van der Waals surface area contributed by atoms with E-state index in [-0.39, 0.29) is 0 Å². The molecule has 2 nitrogen and oxygen atoms in total. The molecule has 0 aliphatic rings. The van der Waals surface area contributed by atoms with E-state index in [1.54, 1.807) is 0 Å². The monoisotopic (exact) mass is 136 g/mol. The van der Waals surface area contributed by atoms with Crippen LogP contribution >= 0.6 is 0 Å². The third-order valence-corrected chi connectivity index (χ3v) is 0.667. The first-order valence-electron chi connectivity index (χ1n) is 2.34. The molecule has 0 aromatic rings. The van der Waals surface area contributed by atoms with Crippen molar-refractivity contribution in [2.24, 2.45) is 0 Å². The number of ketones is 2. The lowest BCUT2D eigenvalue weighted by atomic mass is 10.2. The topological polar surface area (TPSA) is 34.1 Å². The molecule has 0 unspecified atom stereocenters. The lowest BCUT2D eigenvalue weighted by molar-refractivity contribution is -0.133.